The molecular formula is C11H13BrO5S. The molecule has 1 aliphatic carbocycles. The zero-order valence-electron chi connectivity index (χ0n) is 9.76. The molecule has 100 valence electrons. The molecule has 5 nitrogen and oxygen atoms in total. The Kier molecular flexibility index (Phi) is 3.82. The molecule has 0 bridgehead atoms. The van der Waals surface area contributed by atoms with Crippen LogP contribution in [0.4, 0.5) is 0 Å². The Labute approximate surface area is 114 Å². The van der Waals surface area contributed by atoms with E-state index < -0.39 is 21.1 Å². The van der Waals surface area contributed by atoms with Crippen LogP contribution in [0.3, 0.4) is 0 Å². The summed E-state index contributed by atoms with van der Waals surface area (Å²) in [4.78, 5) is 11.7. The Balaban J connectivity index is 1.94. The van der Waals surface area contributed by atoms with Gasteiger partial charge in [0.15, 0.2) is 4.67 Å². The summed E-state index contributed by atoms with van der Waals surface area (Å²) < 4.78 is 33.5. The number of rotatable bonds is 3. The van der Waals surface area contributed by atoms with Crippen molar-refractivity contribution >= 4 is 31.7 Å². The lowest BCUT2D eigenvalue weighted by Crippen LogP contribution is -2.20. The fourth-order valence-corrected chi connectivity index (χ4v) is 3.47. The number of carbonyl (C=O) groups is 1. The Morgan fingerprint density at radius 3 is 2.67 bits per heavy atom. The first-order chi connectivity index (χ1) is 8.36. The van der Waals surface area contributed by atoms with Gasteiger partial charge >= 0.3 is 5.97 Å². The average molecular weight is 337 g/mol. The molecule has 0 amide bonds. The van der Waals surface area contributed by atoms with Crippen molar-refractivity contribution in [2.24, 2.45) is 0 Å². The lowest BCUT2D eigenvalue weighted by atomic mass is 10.3. The second kappa shape index (κ2) is 5.05. The van der Waals surface area contributed by atoms with E-state index >= 15 is 0 Å². The number of esters is 1. The first-order valence-electron chi connectivity index (χ1n) is 5.51. The molecule has 2 rings (SSSR count). The molecule has 7 heteroatoms. The van der Waals surface area contributed by atoms with E-state index in [2.05, 4.69) is 15.9 Å². The van der Waals surface area contributed by atoms with Crippen molar-refractivity contribution in [3.63, 3.8) is 0 Å². The molecule has 1 heterocycles. The van der Waals surface area contributed by atoms with Crippen LogP contribution in [-0.4, -0.2) is 32.0 Å². The highest BCUT2D eigenvalue weighted by atomic mass is 79.9. The van der Waals surface area contributed by atoms with Crippen molar-refractivity contribution in [1.82, 2.24) is 0 Å². The minimum Gasteiger partial charge on any atom is -0.456 e. The van der Waals surface area contributed by atoms with Crippen molar-refractivity contribution in [3.8, 4) is 0 Å². The lowest BCUT2D eigenvalue weighted by Gasteiger charge is -2.10. The highest BCUT2D eigenvalue weighted by Crippen LogP contribution is 2.28. The van der Waals surface area contributed by atoms with Crippen LogP contribution < -0.4 is 0 Å². The van der Waals surface area contributed by atoms with Crippen LogP contribution >= 0.6 is 15.9 Å². The van der Waals surface area contributed by atoms with Gasteiger partial charge in [0.05, 0.1) is 5.25 Å². The highest BCUT2D eigenvalue weighted by molar-refractivity contribution is 9.10. The molecule has 1 fully saturated rings. The van der Waals surface area contributed by atoms with Crippen molar-refractivity contribution in [3.05, 3.63) is 22.6 Å². The molecule has 0 aromatic carbocycles. The van der Waals surface area contributed by atoms with Gasteiger partial charge in [-0.05, 0) is 40.9 Å². The molecular weight excluding hydrogens is 324 g/mol. The van der Waals surface area contributed by atoms with Gasteiger partial charge in [-0.15, -0.1) is 0 Å². The summed E-state index contributed by atoms with van der Waals surface area (Å²) in [5.41, 5.74) is 0. The second-order valence-corrected chi connectivity index (χ2v) is 7.50. The number of carbonyl (C=O) groups excluding carboxylic acids is 1. The van der Waals surface area contributed by atoms with Crippen molar-refractivity contribution in [2.75, 3.05) is 6.26 Å². The largest absolute Gasteiger partial charge is 0.456 e. The second-order valence-electron chi connectivity index (χ2n) is 4.40. The third kappa shape index (κ3) is 3.14. The van der Waals surface area contributed by atoms with Crippen molar-refractivity contribution in [1.29, 1.82) is 0 Å². The number of hydrogen-bond acceptors (Lipinski definition) is 5. The average Bonchev–Trinajstić information content (AvgIpc) is 2.85. The van der Waals surface area contributed by atoms with Crippen LogP contribution in [0, 0.1) is 0 Å². The van der Waals surface area contributed by atoms with Gasteiger partial charge in [0.25, 0.3) is 0 Å². The van der Waals surface area contributed by atoms with Crippen LogP contribution in [-0.2, 0) is 14.6 Å². The summed E-state index contributed by atoms with van der Waals surface area (Å²) in [5, 5.41) is -0.404. The van der Waals surface area contributed by atoms with Gasteiger partial charge in [-0.2, -0.15) is 0 Å². The Morgan fingerprint density at radius 1 is 1.44 bits per heavy atom. The van der Waals surface area contributed by atoms with Crippen LogP contribution in [0.2, 0.25) is 0 Å². The molecule has 0 saturated heterocycles. The standard InChI is InChI=1S/C11H13BrO5S/c1-18(14,15)8-3-2-7(6-8)16-11(13)9-4-5-10(12)17-9/h4-5,7-8H,2-3,6H2,1H3. The highest BCUT2D eigenvalue weighted by Gasteiger charge is 2.34. The monoisotopic (exact) mass is 336 g/mol. The molecule has 1 aromatic rings. The maximum Gasteiger partial charge on any atom is 0.374 e. The van der Waals surface area contributed by atoms with Gasteiger partial charge < -0.3 is 9.15 Å². The summed E-state index contributed by atoms with van der Waals surface area (Å²) in [7, 11) is -3.05. The Bertz CT molecular complexity index is 548. The Hall–Kier alpha value is -0.820. The minimum atomic E-state index is -3.05. The van der Waals surface area contributed by atoms with E-state index in [4.69, 9.17) is 9.15 Å². The summed E-state index contributed by atoms with van der Waals surface area (Å²) in [6.07, 6.45) is 2.35. The van der Waals surface area contributed by atoms with Crippen LogP contribution in [0.15, 0.2) is 21.2 Å². The van der Waals surface area contributed by atoms with E-state index in [-0.39, 0.29) is 11.9 Å². The topological polar surface area (TPSA) is 73.6 Å². The molecule has 1 saturated carbocycles. The molecule has 1 aliphatic rings. The van der Waals surface area contributed by atoms with Gasteiger partial charge in [-0.25, -0.2) is 13.2 Å². The van der Waals surface area contributed by atoms with Crippen molar-refractivity contribution < 1.29 is 22.4 Å². The van der Waals surface area contributed by atoms with Gasteiger partial charge in [0.2, 0.25) is 5.76 Å². The molecule has 0 radical (unpaired) electrons. The van der Waals surface area contributed by atoms with Crippen molar-refractivity contribution in [2.45, 2.75) is 30.6 Å². The quantitative estimate of drug-likeness (QED) is 0.791. The molecule has 0 N–H and O–H groups in total. The smallest absolute Gasteiger partial charge is 0.374 e. The van der Waals surface area contributed by atoms with Crippen LogP contribution in [0.1, 0.15) is 29.8 Å². The predicted molar refractivity (Wildman–Crippen MR) is 68.1 cm³/mol. The predicted octanol–water partition coefficient (Wildman–Crippen LogP) is 2.16. The molecule has 0 aliphatic heterocycles. The lowest BCUT2D eigenvalue weighted by molar-refractivity contribution is 0.0281. The normalized spacial score (nSPS) is 24.1. The van der Waals surface area contributed by atoms with Gasteiger partial charge in [-0.3, -0.25) is 0 Å². The first-order valence-corrected chi connectivity index (χ1v) is 8.26. The molecule has 2 unspecified atom stereocenters. The number of sulfone groups is 1. The zero-order valence-corrected chi connectivity index (χ0v) is 12.2. The van der Waals surface area contributed by atoms with E-state index in [0.29, 0.717) is 23.9 Å². The van der Waals surface area contributed by atoms with Crippen LogP contribution in [0.5, 0.6) is 0 Å². The van der Waals surface area contributed by atoms with Gasteiger partial charge in [0, 0.05) is 12.7 Å². The fourth-order valence-electron chi connectivity index (χ4n) is 2.03. The summed E-state index contributed by atoms with van der Waals surface area (Å²) in [5.74, 6) is -0.440. The Morgan fingerprint density at radius 2 is 2.17 bits per heavy atom. The summed E-state index contributed by atoms with van der Waals surface area (Å²) >= 11 is 3.10. The number of hydrogen-bond donors (Lipinski definition) is 0. The minimum absolute atomic E-state index is 0.115. The molecule has 2 atom stereocenters. The molecule has 0 spiro atoms. The van der Waals surface area contributed by atoms with Gasteiger partial charge in [0.1, 0.15) is 15.9 Å². The van der Waals surface area contributed by atoms with Crippen LogP contribution in [0.25, 0.3) is 0 Å². The van der Waals surface area contributed by atoms with E-state index in [0.717, 1.165) is 0 Å². The fraction of sp³-hybridized carbons (Fsp3) is 0.545. The SMILES string of the molecule is CS(=O)(=O)C1CCC(OC(=O)c2ccc(Br)o2)C1. The van der Waals surface area contributed by atoms with Gasteiger partial charge in [-0.1, -0.05) is 0 Å². The maximum atomic E-state index is 11.7. The number of ether oxygens (including phenoxy) is 1. The maximum absolute atomic E-state index is 11.7. The third-order valence-corrected chi connectivity index (χ3v) is 5.06. The summed E-state index contributed by atoms with van der Waals surface area (Å²) in [6.45, 7) is 0. The number of halogens is 1. The molecule has 1 aromatic heterocycles. The van der Waals surface area contributed by atoms with E-state index in [1.54, 1.807) is 6.07 Å². The summed E-state index contributed by atoms with van der Waals surface area (Å²) in [6, 6.07) is 3.11. The third-order valence-electron chi connectivity index (χ3n) is 2.99. The zero-order chi connectivity index (χ0) is 13.3. The van der Waals surface area contributed by atoms with E-state index in [1.165, 1.54) is 12.3 Å². The first kappa shape index (κ1) is 13.6. The number of furan rings is 1. The van der Waals surface area contributed by atoms with E-state index in [1.807, 2.05) is 0 Å². The van der Waals surface area contributed by atoms with E-state index in [9.17, 15) is 13.2 Å². The molecule has 18 heavy (non-hydrogen) atoms.